The highest BCUT2D eigenvalue weighted by Gasteiger charge is 2.56. The van der Waals surface area contributed by atoms with Crippen LogP contribution in [0.2, 0.25) is 0 Å². The van der Waals surface area contributed by atoms with E-state index in [1.54, 1.807) is 29.2 Å². The van der Waals surface area contributed by atoms with Crippen LogP contribution in [0.4, 0.5) is 14.9 Å². The Bertz CT molecular complexity index is 1260. The summed E-state index contributed by atoms with van der Waals surface area (Å²) in [6, 6.07) is 11.0. The zero-order valence-corrected chi connectivity index (χ0v) is 21.1. The molecule has 2 aromatic rings. The van der Waals surface area contributed by atoms with Crippen molar-refractivity contribution in [3.8, 4) is 0 Å². The molecule has 2 aromatic carbocycles. The van der Waals surface area contributed by atoms with Crippen molar-refractivity contribution in [2.24, 2.45) is 5.92 Å². The number of carbonyl (C=O) groups is 4. The van der Waals surface area contributed by atoms with Crippen molar-refractivity contribution in [2.45, 2.75) is 57.0 Å². The van der Waals surface area contributed by atoms with E-state index in [-0.39, 0.29) is 48.6 Å². The summed E-state index contributed by atoms with van der Waals surface area (Å²) in [5.41, 5.74) is 2.15. The van der Waals surface area contributed by atoms with Gasteiger partial charge in [0, 0.05) is 31.7 Å². The predicted octanol–water partition coefficient (Wildman–Crippen LogP) is 3.35. The maximum absolute atomic E-state index is 13.7. The number of hydrogen-bond acceptors (Lipinski definition) is 4. The van der Waals surface area contributed by atoms with Gasteiger partial charge >= 0.3 is 6.03 Å². The molecule has 2 atom stereocenters. The SMILES string of the molecule is CNC(=O)Nc1ccc2c(c1)CC[C@]21CC(=O)N(CC(=O)N(Cc2ccc(F)cc2)C(C)C2CC2)C1=O. The van der Waals surface area contributed by atoms with Crippen LogP contribution in [-0.2, 0) is 32.8 Å². The molecule has 1 unspecified atom stereocenters. The Kier molecular flexibility index (Phi) is 6.47. The molecule has 0 bridgehead atoms. The molecule has 5 amide bonds. The van der Waals surface area contributed by atoms with E-state index in [0.29, 0.717) is 31.0 Å². The van der Waals surface area contributed by atoms with Crippen LogP contribution in [0.5, 0.6) is 0 Å². The number of halogens is 1. The first-order chi connectivity index (χ1) is 17.7. The van der Waals surface area contributed by atoms with Crippen molar-refractivity contribution in [3.05, 3.63) is 65.0 Å². The molecule has 194 valence electrons. The molecule has 0 radical (unpaired) electrons. The van der Waals surface area contributed by atoms with Gasteiger partial charge in [-0.1, -0.05) is 18.2 Å². The third-order valence-corrected chi connectivity index (χ3v) is 8.01. The first kappa shape index (κ1) is 24.9. The number of likely N-dealkylation sites (tertiary alicyclic amines) is 1. The predicted molar refractivity (Wildman–Crippen MR) is 135 cm³/mol. The summed E-state index contributed by atoms with van der Waals surface area (Å²) in [6.07, 6.45) is 3.19. The van der Waals surface area contributed by atoms with E-state index in [1.165, 1.54) is 19.2 Å². The Hall–Kier alpha value is -3.75. The molecule has 2 N–H and O–H groups in total. The van der Waals surface area contributed by atoms with Crippen LogP contribution in [0.3, 0.4) is 0 Å². The van der Waals surface area contributed by atoms with Gasteiger partial charge in [0.05, 0.1) is 5.41 Å². The third-order valence-electron chi connectivity index (χ3n) is 8.01. The first-order valence-electron chi connectivity index (χ1n) is 12.7. The highest BCUT2D eigenvalue weighted by atomic mass is 19.1. The Morgan fingerprint density at radius 3 is 2.57 bits per heavy atom. The average Bonchev–Trinajstić information content (AvgIpc) is 3.64. The van der Waals surface area contributed by atoms with Crippen LogP contribution in [0.1, 0.15) is 49.3 Å². The van der Waals surface area contributed by atoms with E-state index in [1.807, 2.05) is 13.0 Å². The minimum Gasteiger partial charge on any atom is -0.341 e. The van der Waals surface area contributed by atoms with Crippen molar-refractivity contribution in [3.63, 3.8) is 0 Å². The van der Waals surface area contributed by atoms with Gasteiger partial charge in [-0.25, -0.2) is 9.18 Å². The summed E-state index contributed by atoms with van der Waals surface area (Å²) in [4.78, 5) is 54.8. The number of nitrogens with zero attached hydrogens (tertiary/aromatic N) is 2. The summed E-state index contributed by atoms with van der Waals surface area (Å²) in [5.74, 6) is -0.924. The fraction of sp³-hybridized carbons (Fsp3) is 0.429. The second-order valence-electron chi connectivity index (χ2n) is 10.3. The summed E-state index contributed by atoms with van der Waals surface area (Å²) in [5, 5.41) is 5.24. The number of urea groups is 1. The van der Waals surface area contributed by atoms with Crippen LogP contribution in [-0.4, -0.2) is 53.2 Å². The maximum atomic E-state index is 13.7. The summed E-state index contributed by atoms with van der Waals surface area (Å²) in [6.45, 7) is 1.98. The first-order valence-corrected chi connectivity index (χ1v) is 12.7. The molecule has 1 heterocycles. The molecular formula is C28H31FN4O4. The van der Waals surface area contributed by atoms with Gasteiger partial charge in [0.1, 0.15) is 12.4 Å². The topological polar surface area (TPSA) is 98.8 Å². The van der Waals surface area contributed by atoms with Crippen molar-refractivity contribution >= 4 is 29.4 Å². The molecule has 2 fully saturated rings. The molecule has 5 rings (SSSR count). The number of imide groups is 1. The number of nitrogens with one attached hydrogen (secondary N) is 2. The standard InChI is InChI=1S/C28H31FN4O4/c1-17(19-5-6-19)32(15-18-3-7-21(29)8-4-18)25(35)16-33-24(34)14-28(26(33)36)12-11-20-13-22(9-10-23(20)28)31-27(37)30-2/h3-4,7-10,13,17,19H,5-6,11-12,14-16H2,1-2H3,(H2,30,31,37)/t17?,28-/m0/s1. The second-order valence-corrected chi connectivity index (χ2v) is 10.3. The molecule has 8 nitrogen and oxygen atoms in total. The lowest BCUT2D eigenvalue weighted by molar-refractivity contribution is -0.147. The minimum atomic E-state index is -0.970. The van der Waals surface area contributed by atoms with Gasteiger partial charge in [0.2, 0.25) is 17.7 Å². The van der Waals surface area contributed by atoms with Crippen LogP contribution in [0.25, 0.3) is 0 Å². The van der Waals surface area contributed by atoms with E-state index in [2.05, 4.69) is 10.6 Å². The van der Waals surface area contributed by atoms with Crippen molar-refractivity contribution < 1.29 is 23.6 Å². The Morgan fingerprint density at radius 2 is 1.89 bits per heavy atom. The molecule has 1 saturated carbocycles. The second kappa shape index (κ2) is 9.61. The number of fused-ring (bicyclic) bond motifs is 2. The molecule has 0 aromatic heterocycles. The lowest BCUT2D eigenvalue weighted by atomic mass is 9.80. The molecule has 3 aliphatic rings. The van der Waals surface area contributed by atoms with Crippen LogP contribution in [0.15, 0.2) is 42.5 Å². The van der Waals surface area contributed by atoms with Gasteiger partial charge in [-0.3, -0.25) is 19.3 Å². The highest BCUT2D eigenvalue weighted by Crippen LogP contribution is 2.47. The van der Waals surface area contributed by atoms with Gasteiger partial charge < -0.3 is 15.5 Å². The van der Waals surface area contributed by atoms with Gasteiger partial charge in [0.15, 0.2) is 0 Å². The smallest absolute Gasteiger partial charge is 0.318 e. The van der Waals surface area contributed by atoms with Crippen molar-refractivity contribution in [1.29, 1.82) is 0 Å². The molecule has 9 heteroatoms. The zero-order valence-electron chi connectivity index (χ0n) is 21.1. The summed E-state index contributed by atoms with van der Waals surface area (Å²) < 4.78 is 13.4. The molecular weight excluding hydrogens is 475 g/mol. The van der Waals surface area contributed by atoms with E-state index < -0.39 is 5.41 Å². The lowest BCUT2D eigenvalue weighted by Gasteiger charge is -2.31. The number of hydrogen-bond donors (Lipinski definition) is 2. The Morgan fingerprint density at radius 1 is 1.16 bits per heavy atom. The van der Waals surface area contributed by atoms with Gasteiger partial charge in [-0.2, -0.15) is 0 Å². The largest absolute Gasteiger partial charge is 0.341 e. The quantitative estimate of drug-likeness (QED) is 0.563. The summed E-state index contributed by atoms with van der Waals surface area (Å²) >= 11 is 0. The number of anilines is 1. The van der Waals surface area contributed by atoms with E-state index >= 15 is 0 Å². The Labute approximate surface area is 215 Å². The van der Waals surface area contributed by atoms with E-state index in [9.17, 15) is 23.6 Å². The molecule has 2 aliphatic carbocycles. The van der Waals surface area contributed by atoms with Crippen molar-refractivity contribution in [2.75, 3.05) is 18.9 Å². The number of carbonyl (C=O) groups excluding carboxylic acids is 4. The van der Waals surface area contributed by atoms with E-state index in [4.69, 9.17) is 0 Å². The maximum Gasteiger partial charge on any atom is 0.318 e. The molecule has 1 aliphatic heterocycles. The number of aryl methyl sites for hydroxylation is 1. The van der Waals surface area contributed by atoms with Crippen molar-refractivity contribution in [1.82, 2.24) is 15.1 Å². The van der Waals surface area contributed by atoms with E-state index in [0.717, 1.165) is 34.4 Å². The van der Waals surface area contributed by atoms with Gasteiger partial charge in [0.25, 0.3) is 0 Å². The van der Waals surface area contributed by atoms with Gasteiger partial charge in [-0.05, 0) is 79.5 Å². The number of benzene rings is 2. The lowest BCUT2D eigenvalue weighted by Crippen LogP contribution is -2.47. The average molecular weight is 507 g/mol. The minimum absolute atomic E-state index is 0.0322. The zero-order chi connectivity index (χ0) is 26.3. The summed E-state index contributed by atoms with van der Waals surface area (Å²) in [7, 11) is 1.53. The fourth-order valence-electron chi connectivity index (χ4n) is 5.69. The molecule has 1 spiro atoms. The number of rotatable bonds is 7. The highest BCUT2D eigenvalue weighted by molar-refractivity contribution is 6.11. The van der Waals surface area contributed by atoms with Gasteiger partial charge in [-0.15, -0.1) is 0 Å². The van der Waals surface area contributed by atoms with Crippen LogP contribution in [0, 0.1) is 11.7 Å². The fourth-order valence-corrected chi connectivity index (χ4v) is 5.69. The van der Waals surface area contributed by atoms with Crippen LogP contribution >= 0.6 is 0 Å². The molecule has 1 saturated heterocycles. The monoisotopic (exact) mass is 506 g/mol. The normalized spacial score (nSPS) is 21.2. The molecule has 37 heavy (non-hydrogen) atoms. The Balaban J connectivity index is 1.34. The van der Waals surface area contributed by atoms with Crippen LogP contribution < -0.4 is 10.6 Å². The number of amides is 5. The third kappa shape index (κ3) is 4.70.